The first-order chi connectivity index (χ1) is 13.5. The van der Waals surface area contributed by atoms with Crippen molar-refractivity contribution in [2.75, 3.05) is 19.1 Å². The normalized spacial score (nSPS) is 13.2. The molecular weight excluding hydrogens is 412 g/mol. The summed E-state index contributed by atoms with van der Waals surface area (Å²) in [4.78, 5) is 12.7. The maximum Gasteiger partial charge on any atom is 0.235 e. The van der Waals surface area contributed by atoms with E-state index in [1.807, 2.05) is 25.1 Å². The van der Waals surface area contributed by atoms with E-state index in [9.17, 15) is 21.6 Å². The zero-order chi connectivity index (χ0) is 21.7. The Kier molecular flexibility index (Phi) is 7.56. The topological polar surface area (TPSA) is 101 Å². The summed E-state index contributed by atoms with van der Waals surface area (Å²) in [5.74, 6) is -0.426. The molecule has 1 atom stereocenters. The molecule has 0 saturated carbocycles. The molecule has 0 aromatic heterocycles. The molecule has 9 heteroatoms. The van der Waals surface area contributed by atoms with Gasteiger partial charge in [-0.05, 0) is 29.7 Å². The highest BCUT2D eigenvalue weighted by Gasteiger charge is 2.22. The summed E-state index contributed by atoms with van der Waals surface area (Å²) in [6.07, 6.45) is 2.78. The largest absolute Gasteiger partial charge is 0.348 e. The fourth-order valence-electron chi connectivity index (χ4n) is 2.85. The van der Waals surface area contributed by atoms with E-state index in [4.69, 9.17) is 0 Å². The van der Waals surface area contributed by atoms with Crippen LogP contribution in [0.2, 0.25) is 0 Å². The quantitative estimate of drug-likeness (QED) is 0.646. The van der Waals surface area contributed by atoms with Gasteiger partial charge in [-0.15, -0.1) is 0 Å². The first-order valence-electron chi connectivity index (χ1n) is 9.09. The number of sulfone groups is 1. The van der Waals surface area contributed by atoms with Crippen LogP contribution in [0.4, 0.5) is 0 Å². The number of nitrogens with zero attached hydrogens (tertiary/aromatic N) is 1. The van der Waals surface area contributed by atoms with E-state index >= 15 is 0 Å². The van der Waals surface area contributed by atoms with Crippen molar-refractivity contribution < 1.29 is 21.6 Å². The first-order valence-corrected chi connectivity index (χ1v) is 12.8. The maximum atomic E-state index is 12.5. The lowest BCUT2D eigenvalue weighted by Gasteiger charge is -2.22. The Morgan fingerprint density at radius 3 is 2.03 bits per heavy atom. The van der Waals surface area contributed by atoms with Gasteiger partial charge in [-0.1, -0.05) is 49.4 Å². The molecule has 0 aliphatic heterocycles. The second-order valence-electron chi connectivity index (χ2n) is 6.89. The number of carbonyl (C=O) groups is 1. The van der Waals surface area contributed by atoms with Crippen molar-refractivity contribution in [2.45, 2.75) is 30.8 Å². The molecule has 29 heavy (non-hydrogen) atoms. The molecule has 7 nitrogen and oxygen atoms in total. The third-order valence-corrected chi connectivity index (χ3v) is 6.77. The second kappa shape index (κ2) is 9.51. The van der Waals surface area contributed by atoms with Gasteiger partial charge in [0.2, 0.25) is 15.9 Å². The van der Waals surface area contributed by atoms with Crippen molar-refractivity contribution in [3.8, 4) is 0 Å². The van der Waals surface area contributed by atoms with Gasteiger partial charge in [0.05, 0.1) is 23.7 Å². The van der Waals surface area contributed by atoms with Gasteiger partial charge in [0, 0.05) is 12.8 Å². The Morgan fingerprint density at radius 1 is 0.966 bits per heavy atom. The average Bonchev–Trinajstić information content (AvgIpc) is 2.65. The molecule has 0 fully saturated rings. The van der Waals surface area contributed by atoms with Crippen molar-refractivity contribution in [1.29, 1.82) is 0 Å². The summed E-state index contributed by atoms with van der Waals surface area (Å²) in [7, 11) is -6.88. The van der Waals surface area contributed by atoms with Crippen molar-refractivity contribution >= 4 is 25.8 Å². The van der Waals surface area contributed by atoms with Crippen LogP contribution >= 0.6 is 0 Å². The molecule has 2 aromatic rings. The molecule has 0 saturated heterocycles. The van der Waals surface area contributed by atoms with Crippen molar-refractivity contribution in [3.63, 3.8) is 0 Å². The number of sulfonamides is 1. The molecule has 1 amide bonds. The van der Waals surface area contributed by atoms with Crippen LogP contribution in [-0.2, 0) is 31.2 Å². The SMILES string of the molecule is CCC(NC(=O)CN(Cc1ccccc1)S(C)(=O)=O)c1ccc(S(C)(=O)=O)cc1. The molecule has 0 aliphatic carbocycles. The van der Waals surface area contributed by atoms with Crippen molar-refractivity contribution in [1.82, 2.24) is 9.62 Å². The van der Waals surface area contributed by atoms with Gasteiger partial charge in [-0.25, -0.2) is 16.8 Å². The highest BCUT2D eigenvalue weighted by atomic mass is 32.2. The summed E-state index contributed by atoms with van der Waals surface area (Å²) in [5.41, 5.74) is 1.54. The Bertz CT molecular complexity index is 1030. The lowest BCUT2D eigenvalue weighted by atomic mass is 10.0. The first kappa shape index (κ1) is 23.1. The molecule has 0 heterocycles. The Balaban J connectivity index is 2.11. The minimum Gasteiger partial charge on any atom is -0.348 e. The molecule has 0 radical (unpaired) electrons. The van der Waals surface area contributed by atoms with Gasteiger partial charge in [0.25, 0.3) is 0 Å². The molecule has 1 N–H and O–H groups in total. The maximum absolute atomic E-state index is 12.5. The van der Waals surface area contributed by atoms with E-state index < -0.39 is 25.8 Å². The van der Waals surface area contributed by atoms with E-state index in [2.05, 4.69) is 5.32 Å². The van der Waals surface area contributed by atoms with E-state index in [1.54, 1.807) is 24.3 Å². The lowest BCUT2D eigenvalue weighted by Crippen LogP contribution is -2.41. The zero-order valence-electron chi connectivity index (χ0n) is 16.7. The molecular formula is C20H26N2O5S2. The second-order valence-corrected chi connectivity index (χ2v) is 10.9. The van der Waals surface area contributed by atoms with Crippen LogP contribution in [0.1, 0.15) is 30.5 Å². The fraction of sp³-hybridized carbons (Fsp3) is 0.350. The van der Waals surface area contributed by atoms with E-state index in [0.717, 1.165) is 27.9 Å². The monoisotopic (exact) mass is 438 g/mol. The third-order valence-electron chi connectivity index (χ3n) is 4.44. The summed E-state index contributed by atoms with van der Waals surface area (Å²) in [6.45, 7) is 1.69. The smallest absolute Gasteiger partial charge is 0.235 e. The van der Waals surface area contributed by atoms with Gasteiger partial charge in [-0.3, -0.25) is 4.79 Å². The number of nitrogens with one attached hydrogen (secondary N) is 1. The minimum absolute atomic E-state index is 0.104. The highest BCUT2D eigenvalue weighted by Crippen LogP contribution is 2.19. The highest BCUT2D eigenvalue weighted by molar-refractivity contribution is 7.90. The number of hydrogen-bond donors (Lipinski definition) is 1. The molecule has 0 bridgehead atoms. The summed E-state index contributed by atoms with van der Waals surface area (Å²) >= 11 is 0. The number of amides is 1. The average molecular weight is 439 g/mol. The van der Waals surface area contributed by atoms with Crippen molar-refractivity contribution in [2.24, 2.45) is 0 Å². The van der Waals surface area contributed by atoms with Gasteiger partial charge in [0.15, 0.2) is 9.84 Å². The van der Waals surface area contributed by atoms with Gasteiger partial charge >= 0.3 is 0 Å². The van der Waals surface area contributed by atoms with Gasteiger partial charge in [0.1, 0.15) is 0 Å². The Hall–Kier alpha value is -2.23. The van der Waals surface area contributed by atoms with Crippen LogP contribution in [0.5, 0.6) is 0 Å². The van der Waals surface area contributed by atoms with Crippen LogP contribution in [0.3, 0.4) is 0 Å². The Labute approximate surface area is 172 Å². The molecule has 0 spiro atoms. The third kappa shape index (κ3) is 6.95. The van der Waals surface area contributed by atoms with Crippen molar-refractivity contribution in [3.05, 3.63) is 65.7 Å². The van der Waals surface area contributed by atoms with Crippen LogP contribution < -0.4 is 5.32 Å². The van der Waals surface area contributed by atoms with E-state index in [1.165, 1.54) is 12.1 Å². The molecule has 158 valence electrons. The lowest BCUT2D eigenvalue weighted by molar-refractivity contribution is -0.122. The molecule has 2 aromatic carbocycles. The molecule has 1 unspecified atom stereocenters. The van der Waals surface area contributed by atoms with Crippen LogP contribution in [0.25, 0.3) is 0 Å². The predicted octanol–water partition coefficient (Wildman–Crippen LogP) is 2.12. The molecule has 0 aliphatic rings. The fourth-order valence-corrected chi connectivity index (χ4v) is 4.21. The van der Waals surface area contributed by atoms with Crippen LogP contribution in [0, 0.1) is 0 Å². The van der Waals surface area contributed by atoms with Gasteiger partial charge in [-0.2, -0.15) is 4.31 Å². The standard InChI is InChI=1S/C20H26N2O5S2/c1-4-19(17-10-12-18(13-11-17)28(2,24)25)21-20(23)15-22(29(3,26)27)14-16-8-6-5-7-9-16/h5-13,19H,4,14-15H2,1-3H3,(H,21,23). The zero-order valence-corrected chi connectivity index (χ0v) is 18.3. The van der Waals surface area contributed by atoms with E-state index in [0.29, 0.717) is 6.42 Å². The number of benzene rings is 2. The van der Waals surface area contributed by atoms with Crippen LogP contribution in [-0.4, -0.2) is 46.1 Å². The summed E-state index contributed by atoms with van der Waals surface area (Å²) in [5, 5.41) is 2.84. The number of hydrogen-bond acceptors (Lipinski definition) is 5. The minimum atomic E-state index is -3.58. The van der Waals surface area contributed by atoms with Gasteiger partial charge < -0.3 is 5.32 Å². The summed E-state index contributed by atoms with van der Waals surface area (Å²) in [6, 6.07) is 15.0. The number of carbonyl (C=O) groups excluding carboxylic acids is 1. The Morgan fingerprint density at radius 2 is 1.55 bits per heavy atom. The van der Waals surface area contributed by atoms with Crippen LogP contribution in [0.15, 0.2) is 59.5 Å². The summed E-state index contributed by atoms with van der Waals surface area (Å²) < 4.78 is 48.5. The van der Waals surface area contributed by atoms with E-state index in [-0.39, 0.29) is 24.0 Å². The number of rotatable bonds is 9. The predicted molar refractivity (Wildman–Crippen MR) is 112 cm³/mol. The molecule has 2 rings (SSSR count).